The van der Waals surface area contributed by atoms with Gasteiger partial charge in [0.1, 0.15) is 5.82 Å². The minimum absolute atomic E-state index is 0.103. The highest BCUT2D eigenvalue weighted by atomic mass is 32.2. The normalized spacial score (nSPS) is 13.4. The molecule has 4 rings (SSSR count). The number of benzene rings is 2. The number of nitrogens with zero attached hydrogens (tertiary/aromatic N) is 1. The van der Waals surface area contributed by atoms with Gasteiger partial charge in [-0.15, -0.1) is 0 Å². The number of sulfonamides is 1. The highest BCUT2D eigenvalue weighted by Crippen LogP contribution is 2.32. The standard InChI is InChI=1S/C20H17FN2O4S/c21-17-5-2-1-4-15(17)13-28(25,26)22-16-7-8-18-14(12-16)9-10-23(18)20(24)19-6-3-11-27-19/h1-8,11-12,22H,9-10,13H2. The minimum atomic E-state index is -3.78. The SMILES string of the molecule is O=C(c1ccco1)N1CCc2cc(NS(=O)(=O)Cc3ccccc3F)ccc21. The van der Waals surface area contributed by atoms with E-state index in [-0.39, 0.29) is 17.2 Å². The first-order chi connectivity index (χ1) is 13.4. The van der Waals surface area contributed by atoms with Gasteiger partial charge in [-0.25, -0.2) is 12.8 Å². The fraction of sp³-hybridized carbons (Fsp3) is 0.150. The van der Waals surface area contributed by atoms with Gasteiger partial charge < -0.3 is 9.32 Å². The quantitative estimate of drug-likeness (QED) is 0.710. The third kappa shape index (κ3) is 3.63. The second-order valence-electron chi connectivity index (χ2n) is 6.48. The summed E-state index contributed by atoms with van der Waals surface area (Å²) in [6.07, 6.45) is 2.04. The van der Waals surface area contributed by atoms with E-state index in [2.05, 4.69) is 4.72 Å². The number of rotatable bonds is 5. The zero-order valence-electron chi connectivity index (χ0n) is 14.8. The molecule has 0 bridgehead atoms. The summed E-state index contributed by atoms with van der Waals surface area (Å²) in [6, 6.07) is 14.0. The topological polar surface area (TPSA) is 79.6 Å². The van der Waals surface area contributed by atoms with Gasteiger partial charge in [0.25, 0.3) is 5.91 Å². The van der Waals surface area contributed by atoms with E-state index in [0.717, 1.165) is 11.3 Å². The van der Waals surface area contributed by atoms with Crippen LogP contribution in [0.3, 0.4) is 0 Å². The Morgan fingerprint density at radius 1 is 1.14 bits per heavy atom. The van der Waals surface area contributed by atoms with Crippen molar-refractivity contribution in [3.8, 4) is 0 Å². The fourth-order valence-corrected chi connectivity index (χ4v) is 4.45. The van der Waals surface area contributed by atoms with Crippen LogP contribution in [-0.2, 0) is 22.2 Å². The Kier molecular flexibility index (Phi) is 4.64. The van der Waals surface area contributed by atoms with E-state index in [9.17, 15) is 17.6 Å². The molecule has 2 aromatic carbocycles. The van der Waals surface area contributed by atoms with Crippen LogP contribution in [0.4, 0.5) is 15.8 Å². The number of halogens is 1. The zero-order chi connectivity index (χ0) is 19.7. The van der Waals surface area contributed by atoms with Gasteiger partial charge in [-0.1, -0.05) is 18.2 Å². The number of fused-ring (bicyclic) bond motifs is 1. The Hall–Kier alpha value is -3.13. The van der Waals surface area contributed by atoms with Crippen LogP contribution in [0, 0.1) is 5.82 Å². The molecule has 1 amide bonds. The number of hydrogen-bond donors (Lipinski definition) is 1. The predicted octanol–water partition coefficient (Wildman–Crippen LogP) is 3.56. The van der Waals surface area contributed by atoms with Gasteiger partial charge in [-0.05, 0) is 48.4 Å². The minimum Gasteiger partial charge on any atom is -0.459 e. The van der Waals surface area contributed by atoms with Gasteiger partial charge >= 0.3 is 0 Å². The van der Waals surface area contributed by atoms with Crippen molar-refractivity contribution in [3.05, 3.63) is 83.6 Å². The van der Waals surface area contributed by atoms with Crippen LogP contribution in [0.5, 0.6) is 0 Å². The highest BCUT2D eigenvalue weighted by molar-refractivity contribution is 7.91. The average Bonchev–Trinajstić information content (AvgIpc) is 3.32. The lowest BCUT2D eigenvalue weighted by Crippen LogP contribution is -2.28. The molecule has 3 aromatic rings. The molecule has 1 aromatic heterocycles. The van der Waals surface area contributed by atoms with Crippen molar-refractivity contribution in [2.45, 2.75) is 12.2 Å². The molecule has 28 heavy (non-hydrogen) atoms. The molecule has 6 nitrogen and oxygen atoms in total. The number of hydrogen-bond acceptors (Lipinski definition) is 4. The van der Waals surface area contributed by atoms with Crippen LogP contribution in [0.25, 0.3) is 0 Å². The number of carbonyl (C=O) groups is 1. The van der Waals surface area contributed by atoms with Gasteiger partial charge in [0.05, 0.1) is 12.0 Å². The first kappa shape index (κ1) is 18.2. The summed E-state index contributed by atoms with van der Waals surface area (Å²) >= 11 is 0. The number of nitrogens with one attached hydrogen (secondary N) is 1. The molecule has 0 radical (unpaired) electrons. The monoisotopic (exact) mass is 400 g/mol. The largest absolute Gasteiger partial charge is 0.459 e. The van der Waals surface area contributed by atoms with Gasteiger partial charge in [0, 0.05) is 23.5 Å². The molecule has 0 fully saturated rings. The molecule has 0 spiro atoms. The van der Waals surface area contributed by atoms with Gasteiger partial charge in [0.2, 0.25) is 10.0 Å². The van der Waals surface area contributed by atoms with Crippen molar-refractivity contribution in [1.29, 1.82) is 0 Å². The molecular formula is C20H17FN2O4S. The van der Waals surface area contributed by atoms with E-state index in [1.807, 2.05) is 0 Å². The van der Waals surface area contributed by atoms with E-state index < -0.39 is 21.6 Å². The second-order valence-corrected chi connectivity index (χ2v) is 8.20. The Morgan fingerprint density at radius 3 is 2.71 bits per heavy atom. The van der Waals surface area contributed by atoms with Crippen molar-refractivity contribution in [1.82, 2.24) is 0 Å². The molecule has 0 unspecified atom stereocenters. The van der Waals surface area contributed by atoms with Crippen molar-refractivity contribution in [2.75, 3.05) is 16.2 Å². The first-order valence-corrected chi connectivity index (χ1v) is 10.3. The summed E-state index contributed by atoms with van der Waals surface area (Å²) in [5.74, 6) is -1.01. The summed E-state index contributed by atoms with van der Waals surface area (Å²) < 4.78 is 46.2. The Balaban J connectivity index is 1.52. The smallest absolute Gasteiger partial charge is 0.293 e. The maximum absolute atomic E-state index is 13.7. The number of anilines is 2. The molecule has 0 saturated heterocycles. The van der Waals surface area contributed by atoms with E-state index in [0.29, 0.717) is 18.7 Å². The summed E-state index contributed by atoms with van der Waals surface area (Å²) in [4.78, 5) is 14.1. The van der Waals surface area contributed by atoms with Crippen LogP contribution in [0.2, 0.25) is 0 Å². The lowest BCUT2D eigenvalue weighted by Gasteiger charge is -2.16. The van der Waals surface area contributed by atoms with Crippen LogP contribution >= 0.6 is 0 Å². The van der Waals surface area contributed by atoms with E-state index >= 15 is 0 Å². The molecule has 2 heterocycles. The molecule has 1 N–H and O–H groups in total. The van der Waals surface area contributed by atoms with E-state index in [1.165, 1.54) is 24.5 Å². The lowest BCUT2D eigenvalue weighted by molar-refractivity contribution is 0.0963. The molecular weight excluding hydrogens is 383 g/mol. The summed E-state index contributed by atoms with van der Waals surface area (Å²) in [7, 11) is -3.78. The van der Waals surface area contributed by atoms with Crippen molar-refractivity contribution >= 4 is 27.3 Å². The number of carbonyl (C=O) groups excluding carboxylic acids is 1. The van der Waals surface area contributed by atoms with Gasteiger partial charge in [-0.3, -0.25) is 9.52 Å². The fourth-order valence-electron chi connectivity index (χ4n) is 3.25. The summed E-state index contributed by atoms with van der Waals surface area (Å²) in [6.45, 7) is 0.486. The van der Waals surface area contributed by atoms with Crippen molar-refractivity contribution in [2.24, 2.45) is 0 Å². The summed E-state index contributed by atoms with van der Waals surface area (Å²) in [5.41, 5.74) is 2.05. The molecule has 0 saturated carbocycles. The molecule has 144 valence electrons. The molecule has 1 aliphatic heterocycles. The molecule has 8 heteroatoms. The summed E-state index contributed by atoms with van der Waals surface area (Å²) in [5, 5.41) is 0. The molecule has 0 aliphatic carbocycles. The Morgan fingerprint density at radius 2 is 1.96 bits per heavy atom. The highest BCUT2D eigenvalue weighted by Gasteiger charge is 2.27. The van der Waals surface area contributed by atoms with Crippen LogP contribution in [0.15, 0.2) is 65.3 Å². The number of amides is 1. The first-order valence-electron chi connectivity index (χ1n) is 8.65. The third-order valence-corrected chi connectivity index (χ3v) is 5.77. The average molecular weight is 400 g/mol. The van der Waals surface area contributed by atoms with E-state index in [1.54, 1.807) is 41.3 Å². The Bertz CT molecular complexity index is 1130. The van der Waals surface area contributed by atoms with Gasteiger partial charge in [0.15, 0.2) is 5.76 Å². The van der Waals surface area contributed by atoms with Crippen molar-refractivity contribution in [3.63, 3.8) is 0 Å². The third-order valence-electron chi connectivity index (χ3n) is 4.53. The zero-order valence-corrected chi connectivity index (χ0v) is 15.6. The van der Waals surface area contributed by atoms with Crippen LogP contribution in [0.1, 0.15) is 21.7 Å². The van der Waals surface area contributed by atoms with Crippen LogP contribution < -0.4 is 9.62 Å². The van der Waals surface area contributed by atoms with Crippen LogP contribution in [-0.4, -0.2) is 20.9 Å². The number of furan rings is 1. The Labute approximate surface area is 161 Å². The maximum Gasteiger partial charge on any atom is 0.293 e. The van der Waals surface area contributed by atoms with Crippen molar-refractivity contribution < 1.29 is 22.0 Å². The second kappa shape index (κ2) is 7.12. The maximum atomic E-state index is 13.7. The van der Waals surface area contributed by atoms with Gasteiger partial charge in [-0.2, -0.15) is 0 Å². The lowest BCUT2D eigenvalue weighted by atomic mass is 10.1. The molecule has 0 atom stereocenters. The van der Waals surface area contributed by atoms with E-state index in [4.69, 9.17) is 4.42 Å². The predicted molar refractivity (Wildman–Crippen MR) is 103 cm³/mol. The molecule has 1 aliphatic rings.